The molecule has 1 aromatic carbocycles. The number of carbonyl (C=O) groups is 1. The number of amides is 1. The second kappa shape index (κ2) is 8.73. The summed E-state index contributed by atoms with van der Waals surface area (Å²) >= 11 is 0. The van der Waals surface area contributed by atoms with E-state index < -0.39 is 0 Å². The van der Waals surface area contributed by atoms with Crippen LogP contribution in [0.1, 0.15) is 29.4 Å². The molecule has 23 heavy (non-hydrogen) atoms. The van der Waals surface area contributed by atoms with Crippen molar-refractivity contribution in [2.24, 2.45) is 0 Å². The molecular formula is C17H22N4O2. The molecule has 122 valence electrons. The number of hydrogen-bond acceptors (Lipinski definition) is 5. The zero-order chi connectivity index (χ0) is 16.5. The average molecular weight is 314 g/mol. The van der Waals surface area contributed by atoms with Crippen molar-refractivity contribution in [3.63, 3.8) is 0 Å². The zero-order valence-electron chi connectivity index (χ0n) is 13.5. The van der Waals surface area contributed by atoms with E-state index >= 15 is 0 Å². The molecule has 0 unspecified atom stereocenters. The highest BCUT2D eigenvalue weighted by Crippen LogP contribution is 2.11. The third-order valence-electron chi connectivity index (χ3n) is 3.28. The smallest absolute Gasteiger partial charge is 0.270 e. The van der Waals surface area contributed by atoms with Gasteiger partial charge in [0.25, 0.3) is 5.91 Å². The number of rotatable bonds is 8. The van der Waals surface area contributed by atoms with E-state index in [1.807, 2.05) is 24.3 Å². The molecule has 0 fully saturated rings. The van der Waals surface area contributed by atoms with Gasteiger partial charge in [0.15, 0.2) is 0 Å². The van der Waals surface area contributed by atoms with Gasteiger partial charge in [-0.05, 0) is 36.6 Å². The Labute approximate surface area is 136 Å². The molecule has 0 bridgehead atoms. The second-order valence-corrected chi connectivity index (χ2v) is 5.05. The fourth-order valence-electron chi connectivity index (χ4n) is 2.01. The molecule has 1 aromatic heterocycles. The molecule has 0 aliphatic carbocycles. The number of carbonyl (C=O) groups excluding carboxylic acids is 1. The lowest BCUT2D eigenvalue weighted by molar-refractivity contribution is 0.0949. The first-order chi connectivity index (χ1) is 11.2. The quantitative estimate of drug-likeness (QED) is 0.782. The Hall–Kier alpha value is -2.63. The first-order valence-electron chi connectivity index (χ1n) is 7.71. The molecule has 0 aliphatic heterocycles. The van der Waals surface area contributed by atoms with E-state index in [0.29, 0.717) is 18.2 Å². The van der Waals surface area contributed by atoms with Crippen LogP contribution in [0, 0.1) is 0 Å². The van der Waals surface area contributed by atoms with Gasteiger partial charge in [0.05, 0.1) is 7.11 Å². The van der Waals surface area contributed by atoms with Gasteiger partial charge in [-0.15, -0.1) is 0 Å². The molecule has 0 saturated heterocycles. The van der Waals surface area contributed by atoms with Crippen LogP contribution in [0.3, 0.4) is 0 Å². The van der Waals surface area contributed by atoms with E-state index in [1.165, 1.54) is 0 Å². The van der Waals surface area contributed by atoms with E-state index in [9.17, 15) is 4.79 Å². The van der Waals surface area contributed by atoms with Gasteiger partial charge in [0, 0.05) is 19.3 Å². The van der Waals surface area contributed by atoms with Crippen LogP contribution < -0.4 is 15.4 Å². The van der Waals surface area contributed by atoms with Gasteiger partial charge in [0.1, 0.15) is 11.4 Å². The molecule has 0 spiro atoms. The lowest BCUT2D eigenvalue weighted by atomic mass is 10.1. The highest BCUT2D eigenvalue weighted by molar-refractivity contribution is 5.92. The molecule has 0 atom stereocenters. The van der Waals surface area contributed by atoms with Gasteiger partial charge >= 0.3 is 0 Å². The van der Waals surface area contributed by atoms with Crippen molar-refractivity contribution in [2.45, 2.75) is 19.8 Å². The summed E-state index contributed by atoms with van der Waals surface area (Å²) < 4.78 is 5.12. The van der Waals surface area contributed by atoms with Gasteiger partial charge in [-0.1, -0.05) is 19.1 Å². The summed E-state index contributed by atoms with van der Waals surface area (Å²) in [4.78, 5) is 20.4. The Bertz CT molecular complexity index is 629. The molecule has 2 aromatic rings. The first-order valence-corrected chi connectivity index (χ1v) is 7.71. The third kappa shape index (κ3) is 5.25. The average Bonchev–Trinajstić information content (AvgIpc) is 2.60. The topological polar surface area (TPSA) is 76.1 Å². The number of aromatic nitrogens is 2. The fraction of sp³-hybridized carbons (Fsp3) is 0.353. The van der Waals surface area contributed by atoms with Crippen LogP contribution in [0.15, 0.2) is 36.5 Å². The van der Waals surface area contributed by atoms with E-state index in [-0.39, 0.29) is 5.91 Å². The molecular weight excluding hydrogens is 292 g/mol. The lowest BCUT2D eigenvalue weighted by Crippen LogP contribution is -2.27. The van der Waals surface area contributed by atoms with Gasteiger partial charge in [-0.3, -0.25) is 4.79 Å². The molecule has 0 aliphatic rings. The van der Waals surface area contributed by atoms with E-state index in [4.69, 9.17) is 4.74 Å². The molecule has 2 rings (SSSR count). The molecule has 6 heteroatoms. The maximum Gasteiger partial charge on any atom is 0.270 e. The Morgan fingerprint density at radius 1 is 1.17 bits per heavy atom. The number of methoxy groups -OCH3 is 1. The van der Waals surface area contributed by atoms with Crippen LogP contribution in [0.2, 0.25) is 0 Å². The Kier molecular flexibility index (Phi) is 6.35. The number of benzene rings is 1. The SMILES string of the molecule is CCCNc1nccc(C(=O)NCCc2ccc(OC)cc2)n1. The number of anilines is 1. The Morgan fingerprint density at radius 2 is 1.96 bits per heavy atom. The maximum absolute atomic E-state index is 12.1. The van der Waals surface area contributed by atoms with Crippen molar-refractivity contribution in [1.29, 1.82) is 0 Å². The number of nitrogens with one attached hydrogen (secondary N) is 2. The Morgan fingerprint density at radius 3 is 2.65 bits per heavy atom. The monoisotopic (exact) mass is 314 g/mol. The minimum Gasteiger partial charge on any atom is -0.497 e. The maximum atomic E-state index is 12.1. The first kappa shape index (κ1) is 16.7. The number of hydrogen-bond donors (Lipinski definition) is 2. The highest BCUT2D eigenvalue weighted by Gasteiger charge is 2.08. The van der Waals surface area contributed by atoms with Gasteiger partial charge in [-0.25, -0.2) is 9.97 Å². The normalized spacial score (nSPS) is 10.2. The number of nitrogens with zero attached hydrogens (tertiary/aromatic N) is 2. The van der Waals surface area contributed by atoms with Crippen molar-refractivity contribution in [1.82, 2.24) is 15.3 Å². The molecule has 0 saturated carbocycles. The standard InChI is InChI=1S/C17H22N4O2/c1-3-10-19-17-20-12-9-15(21-17)16(22)18-11-8-13-4-6-14(23-2)7-5-13/h4-7,9,12H,3,8,10-11H2,1-2H3,(H,18,22)(H,19,20,21). The van der Waals surface area contributed by atoms with Crippen LogP contribution in [0.5, 0.6) is 5.75 Å². The highest BCUT2D eigenvalue weighted by atomic mass is 16.5. The summed E-state index contributed by atoms with van der Waals surface area (Å²) in [5.41, 5.74) is 1.51. The molecule has 2 N–H and O–H groups in total. The van der Waals surface area contributed by atoms with Crippen molar-refractivity contribution in [3.05, 3.63) is 47.8 Å². The Balaban J connectivity index is 1.84. The fourth-order valence-corrected chi connectivity index (χ4v) is 2.01. The summed E-state index contributed by atoms with van der Waals surface area (Å²) in [6.07, 6.45) is 3.31. The number of ether oxygens (including phenoxy) is 1. The second-order valence-electron chi connectivity index (χ2n) is 5.05. The van der Waals surface area contributed by atoms with Crippen molar-refractivity contribution < 1.29 is 9.53 Å². The van der Waals surface area contributed by atoms with Gasteiger partial charge in [0.2, 0.25) is 5.95 Å². The van der Waals surface area contributed by atoms with Crippen molar-refractivity contribution in [3.8, 4) is 5.75 Å². The van der Waals surface area contributed by atoms with Crippen LogP contribution in [-0.4, -0.2) is 36.1 Å². The van der Waals surface area contributed by atoms with Gasteiger partial charge < -0.3 is 15.4 Å². The lowest BCUT2D eigenvalue weighted by Gasteiger charge is -2.07. The van der Waals surface area contributed by atoms with E-state index in [2.05, 4.69) is 27.5 Å². The van der Waals surface area contributed by atoms with Crippen LogP contribution >= 0.6 is 0 Å². The molecule has 0 radical (unpaired) electrons. The molecule has 1 heterocycles. The van der Waals surface area contributed by atoms with Gasteiger partial charge in [-0.2, -0.15) is 0 Å². The van der Waals surface area contributed by atoms with Crippen LogP contribution in [0.4, 0.5) is 5.95 Å². The minimum absolute atomic E-state index is 0.194. The van der Waals surface area contributed by atoms with Crippen molar-refractivity contribution in [2.75, 3.05) is 25.5 Å². The largest absolute Gasteiger partial charge is 0.497 e. The van der Waals surface area contributed by atoms with Crippen LogP contribution in [-0.2, 0) is 6.42 Å². The summed E-state index contributed by atoms with van der Waals surface area (Å²) in [5.74, 6) is 1.11. The summed E-state index contributed by atoms with van der Waals surface area (Å²) in [6.45, 7) is 3.39. The van der Waals surface area contributed by atoms with Crippen molar-refractivity contribution >= 4 is 11.9 Å². The summed E-state index contributed by atoms with van der Waals surface area (Å²) in [5, 5.41) is 5.94. The summed E-state index contributed by atoms with van der Waals surface area (Å²) in [7, 11) is 1.64. The molecule has 1 amide bonds. The minimum atomic E-state index is -0.194. The van der Waals surface area contributed by atoms with Crippen LogP contribution in [0.25, 0.3) is 0 Å². The third-order valence-corrected chi connectivity index (χ3v) is 3.28. The summed E-state index contributed by atoms with van der Waals surface area (Å²) in [6, 6.07) is 9.41. The zero-order valence-corrected chi connectivity index (χ0v) is 13.5. The van der Waals surface area contributed by atoms with E-state index in [1.54, 1.807) is 19.4 Å². The molecule has 6 nitrogen and oxygen atoms in total. The van der Waals surface area contributed by atoms with E-state index in [0.717, 1.165) is 30.7 Å². The predicted octanol–water partition coefficient (Wildman–Crippen LogP) is 2.28. The predicted molar refractivity (Wildman–Crippen MR) is 89.8 cm³/mol.